The summed E-state index contributed by atoms with van der Waals surface area (Å²) in [7, 11) is 0. The van der Waals surface area contributed by atoms with Crippen molar-refractivity contribution in [3.8, 4) is 0 Å². The van der Waals surface area contributed by atoms with E-state index in [9.17, 15) is 0 Å². The van der Waals surface area contributed by atoms with E-state index in [1.54, 1.807) is 6.26 Å². The van der Waals surface area contributed by atoms with Crippen molar-refractivity contribution < 1.29 is 4.42 Å². The first kappa shape index (κ1) is 12.5. The maximum absolute atomic E-state index is 7.07. The summed E-state index contributed by atoms with van der Waals surface area (Å²) in [6, 6.07) is 24.2. The molecule has 0 aliphatic rings. The van der Waals surface area contributed by atoms with Crippen LogP contribution in [0.4, 0.5) is 0 Å². The number of hydrogen-bond donors (Lipinski definition) is 0. The van der Waals surface area contributed by atoms with Gasteiger partial charge in [0.1, 0.15) is 21.8 Å². The number of halogens is 1. The summed E-state index contributed by atoms with van der Waals surface area (Å²) < 4.78 is 5.62. The van der Waals surface area contributed by atoms with Crippen molar-refractivity contribution in [1.82, 2.24) is 0 Å². The van der Waals surface area contributed by atoms with Gasteiger partial charge in [-0.25, -0.2) is 0 Å². The predicted molar refractivity (Wildman–Crippen MR) is 83.3 cm³/mol. The van der Waals surface area contributed by atoms with E-state index < -0.39 is 6.62 Å². The Morgan fingerprint density at radius 2 is 1.21 bits per heavy atom. The van der Waals surface area contributed by atoms with Crippen molar-refractivity contribution in [2.45, 2.75) is 0 Å². The van der Waals surface area contributed by atoms with Crippen molar-refractivity contribution in [1.29, 1.82) is 0 Å². The van der Waals surface area contributed by atoms with Crippen molar-refractivity contribution >= 4 is 34.0 Å². The molecule has 0 aliphatic heterocycles. The lowest BCUT2D eigenvalue weighted by Gasteiger charge is -2.15. The van der Waals surface area contributed by atoms with Crippen LogP contribution in [0.15, 0.2) is 83.5 Å². The van der Waals surface area contributed by atoms with E-state index in [-0.39, 0.29) is 0 Å². The Labute approximate surface area is 118 Å². The van der Waals surface area contributed by atoms with Gasteiger partial charge in [-0.15, -0.1) is 0 Å². The van der Waals surface area contributed by atoms with Gasteiger partial charge in [0.25, 0.3) is 5.50 Å². The van der Waals surface area contributed by atoms with Gasteiger partial charge in [0.05, 0.1) is 6.26 Å². The van der Waals surface area contributed by atoms with Gasteiger partial charge in [-0.05, 0) is 30.3 Å². The average molecular weight is 288 g/mol. The normalized spacial score (nSPS) is 11.4. The van der Waals surface area contributed by atoms with Gasteiger partial charge in [-0.3, -0.25) is 0 Å². The van der Waals surface area contributed by atoms with E-state index in [1.807, 2.05) is 48.5 Å². The molecule has 0 spiro atoms. The minimum absolute atomic E-state index is 0.839. The van der Waals surface area contributed by atoms with E-state index in [0.29, 0.717) is 0 Å². The summed E-state index contributed by atoms with van der Waals surface area (Å²) in [4.78, 5) is 0. The van der Waals surface area contributed by atoms with E-state index >= 15 is 0 Å². The highest BCUT2D eigenvalue weighted by Gasteiger charge is 2.47. The summed E-state index contributed by atoms with van der Waals surface area (Å²) in [5.74, 6) is 0. The molecule has 0 unspecified atom stereocenters. The van der Waals surface area contributed by atoms with Crippen LogP contribution in [-0.4, -0.2) is 0 Å². The van der Waals surface area contributed by atoms with Crippen molar-refractivity contribution in [2.24, 2.45) is 0 Å². The lowest BCUT2D eigenvalue weighted by Crippen LogP contribution is -2.26. The molecule has 0 saturated carbocycles. The zero-order valence-corrected chi connectivity index (χ0v) is 11.9. The summed E-state index contributed by atoms with van der Waals surface area (Å²) in [6.07, 6.45) is 1.68. The van der Waals surface area contributed by atoms with Crippen molar-refractivity contribution in [3.05, 3.63) is 79.1 Å². The Morgan fingerprint density at radius 1 is 0.684 bits per heavy atom. The van der Waals surface area contributed by atoms with Gasteiger partial charge < -0.3 is 4.42 Å². The molecule has 0 bridgehead atoms. The smallest absolute Gasteiger partial charge is 0.274 e. The molecular weight excluding hydrogens is 275 g/mol. The van der Waals surface area contributed by atoms with E-state index in [1.165, 1.54) is 0 Å². The molecule has 1 aromatic heterocycles. The van der Waals surface area contributed by atoms with Gasteiger partial charge in [0.2, 0.25) is 6.62 Å². The molecule has 3 aromatic rings. The Morgan fingerprint density at radius 3 is 1.63 bits per heavy atom. The summed E-state index contributed by atoms with van der Waals surface area (Å²) >= 11 is 7.07. The lowest BCUT2D eigenvalue weighted by molar-refractivity contribution is 0.602. The van der Waals surface area contributed by atoms with Crippen LogP contribution in [0.1, 0.15) is 0 Å². The third-order valence-electron chi connectivity index (χ3n) is 3.03. The standard InChI is InChI=1S/C16H13ClOP/c17-19(16-12-7-13-18-16,14-8-3-1-4-9-14)15-10-5-2-6-11-15/h1-13H/q+1. The number of benzene rings is 2. The van der Waals surface area contributed by atoms with Crippen LogP contribution in [0.3, 0.4) is 0 Å². The van der Waals surface area contributed by atoms with Crippen LogP contribution >= 0.6 is 17.9 Å². The Kier molecular flexibility index (Phi) is 3.42. The molecule has 1 nitrogen and oxygen atoms in total. The minimum Gasteiger partial charge on any atom is -0.433 e. The molecule has 0 N–H and O–H groups in total. The molecule has 0 radical (unpaired) electrons. The van der Waals surface area contributed by atoms with Crippen LogP contribution in [0.2, 0.25) is 0 Å². The molecule has 3 heteroatoms. The molecule has 0 atom stereocenters. The SMILES string of the molecule is Cl[P+](c1ccccc1)(c1ccccc1)c1ccco1. The quantitative estimate of drug-likeness (QED) is 0.669. The molecule has 0 amide bonds. The highest BCUT2D eigenvalue weighted by atomic mass is 35.7. The molecule has 2 aromatic carbocycles. The maximum Gasteiger partial charge on any atom is 0.274 e. The number of furan rings is 1. The van der Waals surface area contributed by atoms with Gasteiger partial charge in [0, 0.05) is 6.07 Å². The number of rotatable bonds is 3. The van der Waals surface area contributed by atoms with Gasteiger partial charge in [0.15, 0.2) is 0 Å². The fourth-order valence-corrected chi connectivity index (χ4v) is 5.55. The van der Waals surface area contributed by atoms with Gasteiger partial charge in [-0.1, -0.05) is 36.4 Å². The highest BCUT2D eigenvalue weighted by molar-refractivity contribution is 8.14. The van der Waals surface area contributed by atoms with Gasteiger partial charge in [-0.2, -0.15) is 0 Å². The molecule has 3 rings (SSSR count). The van der Waals surface area contributed by atoms with Crippen LogP contribution in [0.5, 0.6) is 0 Å². The van der Waals surface area contributed by atoms with Crippen molar-refractivity contribution in [2.75, 3.05) is 0 Å². The minimum atomic E-state index is -2.17. The first-order valence-electron chi connectivity index (χ1n) is 6.06. The zero-order valence-electron chi connectivity index (χ0n) is 10.2. The fraction of sp³-hybridized carbons (Fsp3) is 0. The molecule has 94 valence electrons. The zero-order chi connectivity index (χ0) is 13.1. The van der Waals surface area contributed by atoms with Crippen LogP contribution < -0.4 is 16.1 Å². The second-order valence-electron chi connectivity index (χ2n) is 4.21. The molecule has 0 saturated heterocycles. The van der Waals surface area contributed by atoms with E-state index in [2.05, 4.69) is 24.3 Å². The monoisotopic (exact) mass is 287 g/mol. The summed E-state index contributed by atoms with van der Waals surface area (Å²) in [5, 5.41) is 2.22. The largest absolute Gasteiger partial charge is 0.433 e. The molecule has 1 heterocycles. The lowest BCUT2D eigenvalue weighted by atomic mass is 10.4. The third kappa shape index (κ3) is 2.20. The van der Waals surface area contributed by atoms with E-state index in [4.69, 9.17) is 15.7 Å². The highest BCUT2D eigenvalue weighted by Crippen LogP contribution is 2.60. The van der Waals surface area contributed by atoms with Crippen LogP contribution in [0, 0.1) is 0 Å². The summed E-state index contributed by atoms with van der Waals surface area (Å²) in [6.45, 7) is -2.17. The average Bonchev–Trinajstić information content (AvgIpc) is 3.03. The second kappa shape index (κ2) is 5.21. The topological polar surface area (TPSA) is 13.1 Å². The second-order valence-corrected chi connectivity index (χ2v) is 8.38. The molecule has 0 fully saturated rings. The van der Waals surface area contributed by atoms with Crippen LogP contribution in [-0.2, 0) is 0 Å². The van der Waals surface area contributed by atoms with Crippen molar-refractivity contribution in [3.63, 3.8) is 0 Å². The molecular formula is C16H13ClOP+. The third-order valence-corrected chi connectivity index (χ3v) is 7.59. The van der Waals surface area contributed by atoms with Gasteiger partial charge >= 0.3 is 0 Å². The fourth-order valence-electron chi connectivity index (χ4n) is 2.12. The first-order valence-corrected chi connectivity index (χ1v) is 8.75. The molecule has 0 aliphatic carbocycles. The van der Waals surface area contributed by atoms with E-state index in [0.717, 1.165) is 16.1 Å². The first-order chi connectivity index (χ1) is 9.32. The Bertz CT molecular complexity index is 596. The maximum atomic E-state index is 7.07. The van der Waals surface area contributed by atoms with Crippen LogP contribution in [0.25, 0.3) is 0 Å². The Hall–Kier alpha value is -1.56. The number of hydrogen-bond acceptors (Lipinski definition) is 1. The predicted octanol–water partition coefficient (Wildman–Crippen LogP) is 3.73. The molecule has 19 heavy (non-hydrogen) atoms. The summed E-state index contributed by atoms with van der Waals surface area (Å²) in [5.41, 5.74) is 0.839. The Balaban J connectivity index is 2.23.